The molecule has 0 aliphatic heterocycles. The number of rotatable bonds is 4. The third kappa shape index (κ3) is 3.84. The van der Waals surface area contributed by atoms with Crippen LogP contribution in [0.1, 0.15) is 62.8 Å². The van der Waals surface area contributed by atoms with Crippen molar-refractivity contribution in [2.45, 2.75) is 70.6 Å². The van der Waals surface area contributed by atoms with Gasteiger partial charge in [-0.25, -0.2) is 14.1 Å². The van der Waals surface area contributed by atoms with E-state index in [-0.39, 0.29) is 34.9 Å². The lowest BCUT2D eigenvalue weighted by atomic mass is 9.45. The molecule has 0 radical (unpaired) electrons. The highest BCUT2D eigenvalue weighted by molar-refractivity contribution is 5.86. The van der Waals surface area contributed by atoms with Crippen molar-refractivity contribution in [2.75, 3.05) is 0 Å². The number of aromatic nitrogens is 4. The number of amides is 1. The van der Waals surface area contributed by atoms with Crippen molar-refractivity contribution in [1.82, 2.24) is 24.5 Å². The van der Waals surface area contributed by atoms with Gasteiger partial charge >= 0.3 is 0 Å². The van der Waals surface area contributed by atoms with Crippen molar-refractivity contribution < 1.29 is 19.4 Å². The first-order chi connectivity index (χ1) is 21.1. The van der Waals surface area contributed by atoms with Crippen molar-refractivity contribution >= 4 is 17.6 Å². The Labute approximate surface area is 255 Å². The van der Waals surface area contributed by atoms with Crippen LogP contribution in [0.25, 0.3) is 17.4 Å². The normalized spacial score (nSPS) is 34.1. The molecule has 3 unspecified atom stereocenters. The van der Waals surface area contributed by atoms with Gasteiger partial charge < -0.3 is 19.9 Å². The summed E-state index contributed by atoms with van der Waals surface area (Å²) in [6.07, 6.45) is 13.1. The lowest BCUT2D eigenvalue weighted by Gasteiger charge is -2.60. The zero-order valence-electron chi connectivity index (χ0n) is 25.1. The van der Waals surface area contributed by atoms with Gasteiger partial charge in [0.1, 0.15) is 17.1 Å². The Kier molecular flexibility index (Phi) is 6.04. The van der Waals surface area contributed by atoms with Gasteiger partial charge in [0.2, 0.25) is 0 Å². The minimum atomic E-state index is -1.55. The molecule has 0 saturated heterocycles. The maximum Gasteiger partial charge on any atom is 0.252 e. The van der Waals surface area contributed by atoms with E-state index in [2.05, 4.69) is 28.4 Å². The van der Waals surface area contributed by atoms with Gasteiger partial charge in [0.25, 0.3) is 5.91 Å². The standard InChI is InChI=1S/C35H38FN5O3/c1-33-16-22-19-39-41(25-7-5-24(36)6-8-25)28(22)15-23(33)4-9-26-27-11-12-35(44,34(27,2)17-29(42)31(26)33)32(43)38-18-21-3-10-30-37-13-14-40(30)20-21/h3,5-8,10,13-15,19-20,26-27,29,31,42,44H,4,9,11-12,16-18H2,1-2H3,(H,38,43)/t26?,27?,29-,31?,33-,34-,35-/m0/s1. The van der Waals surface area contributed by atoms with E-state index in [0.29, 0.717) is 19.4 Å². The molecule has 3 saturated carbocycles. The molecule has 4 aliphatic rings. The summed E-state index contributed by atoms with van der Waals surface area (Å²) in [6.45, 7) is 4.62. The highest BCUT2D eigenvalue weighted by Crippen LogP contribution is 2.67. The van der Waals surface area contributed by atoms with Crippen LogP contribution in [-0.4, -0.2) is 47.0 Å². The first-order valence-corrected chi connectivity index (χ1v) is 15.7. The molecule has 3 fully saturated rings. The predicted octanol–water partition coefficient (Wildman–Crippen LogP) is 4.86. The summed E-state index contributed by atoms with van der Waals surface area (Å²) in [5.74, 6) is -0.269. The average Bonchev–Trinajstić information content (AvgIpc) is 3.70. The van der Waals surface area contributed by atoms with Crippen LogP contribution in [0, 0.1) is 34.4 Å². The molecule has 3 aromatic heterocycles. The number of imidazole rings is 1. The number of fused-ring (bicyclic) bond motifs is 7. The molecule has 4 aliphatic carbocycles. The van der Waals surface area contributed by atoms with E-state index in [4.69, 9.17) is 0 Å². The molecule has 8 nitrogen and oxygen atoms in total. The van der Waals surface area contributed by atoms with Gasteiger partial charge in [0.05, 0.1) is 23.7 Å². The number of allylic oxidation sites excluding steroid dienone is 1. The van der Waals surface area contributed by atoms with Gasteiger partial charge in [0, 0.05) is 30.6 Å². The number of nitrogens with one attached hydrogen (secondary N) is 1. The number of aliphatic hydroxyl groups excluding tert-OH is 1. The van der Waals surface area contributed by atoms with Gasteiger partial charge in [-0.3, -0.25) is 4.79 Å². The summed E-state index contributed by atoms with van der Waals surface area (Å²) in [7, 11) is 0. The maximum atomic E-state index is 13.7. The molecular weight excluding hydrogens is 557 g/mol. The SMILES string of the molecule is C[C@]12Cc3cnn(-c4ccc(F)cc4)c3C=C1CCC1C2[C@@H](O)C[C@@]2(C)C1CC[C@]2(O)C(=O)NCc1ccc2nccn2c1. The van der Waals surface area contributed by atoms with Gasteiger partial charge in [-0.05, 0) is 109 Å². The summed E-state index contributed by atoms with van der Waals surface area (Å²) in [5.41, 5.74) is 3.53. The van der Waals surface area contributed by atoms with E-state index in [9.17, 15) is 19.4 Å². The second-order valence-electron chi connectivity index (χ2n) is 14.0. The Morgan fingerprint density at radius 2 is 1.98 bits per heavy atom. The molecule has 7 atom stereocenters. The number of carbonyl (C=O) groups excluding carboxylic acids is 1. The molecule has 0 spiro atoms. The van der Waals surface area contributed by atoms with E-state index in [1.807, 2.05) is 46.7 Å². The van der Waals surface area contributed by atoms with Crippen LogP contribution in [0.4, 0.5) is 4.39 Å². The quantitative estimate of drug-likeness (QED) is 0.313. The van der Waals surface area contributed by atoms with Crippen LogP contribution < -0.4 is 5.32 Å². The van der Waals surface area contributed by atoms with E-state index < -0.39 is 17.1 Å². The summed E-state index contributed by atoms with van der Waals surface area (Å²) >= 11 is 0. The second kappa shape index (κ2) is 9.59. The average molecular weight is 596 g/mol. The molecule has 228 valence electrons. The number of carbonyl (C=O) groups is 1. The number of pyridine rings is 1. The molecular formula is C35H38FN5O3. The van der Waals surface area contributed by atoms with Crippen LogP contribution >= 0.6 is 0 Å². The van der Waals surface area contributed by atoms with Gasteiger partial charge in [-0.15, -0.1) is 0 Å². The Balaban J connectivity index is 1.05. The van der Waals surface area contributed by atoms with Crippen molar-refractivity contribution in [3.63, 3.8) is 0 Å². The van der Waals surface area contributed by atoms with E-state index >= 15 is 0 Å². The molecule has 44 heavy (non-hydrogen) atoms. The fourth-order valence-electron chi connectivity index (χ4n) is 9.75. The molecule has 1 amide bonds. The van der Waals surface area contributed by atoms with E-state index in [0.717, 1.165) is 53.8 Å². The predicted molar refractivity (Wildman–Crippen MR) is 163 cm³/mol. The highest BCUT2D eigenvalue weighted by atomic mass is 19.1. The first-order valence-electron chi connectivity index (χ1n) is 15.7. The minimum Gasteiger partial charge on any atom is -0.393 e. The highest BCUT2D eigenvalue weighted by Gasteiger charge is 2.68. The Hall–Kier alpha value is -3.82. The number of nitrogens with zero attached hydrogens (tertiary/aromatic N) is 4. The Morgan fingerprint density at radius 1 is 1.16 bits per heavy atom. The molecule has 3 heterocycles. The van der Waals surface area contributed by atoms with Crippen LogP contribution in [0.5, 0.6) is 0 Å². The van der Waals surface area contributed by atoms with Crippen molar-refractivity contribution in [1.29, 1.82) is 0 Å². The number of benzene rings is 1. The fourth-order valence-corrected chi connectivity index (χ4v) is 9.75. The maximum absolute atomic E-state index is 13.7. The van der Waals surface area contributed by atoms with Crippen LogP contribution in [0.3, 0.4) is 0 Å². The monoisotopic (exact) mass is 595 g/mol. The largest absolute Gasteiger partial charge is 0.393 e. The van der Waals surface area contributed by atoms with Gasteiger partial charge in [-0.1, -0.05) is 25.5 Å². The minimum absolute atomic E-state index is 0.0233. The first kappa shape index (κ1) is 27.7. The topological polar surface area (TPSA) is 105 Å². The number of hydrogen-bond acceptors (Lipinski definition) is 5. The van der Waals surface area contributed by atoms with Gasteiger partial charge in [-0.2, -0.15) is 5.10 Å². The van der Waals surface area contributed by atoms with Crippen molar-refractivity contribution in [2.24, 2.45) is 28.6 Å². The van der Waals surface area contributed by atoms with Crippen LogP contribution in [0.2, 0.25) is 0 Å². The zero-order chi connectivity index (χ0) is 30.4. The van der Waals surface area contributed by atoms with Crippen molar-refractivity contribution in [3.05, 3.63) is 89.4 Å². The number of aliphatic hydroxyl groups is 2. The molecule has 3 N–H and O–H groups in total. The molecule has 9 heteroatoms. The number of hydrogen-bond donors (Lipinski definition) is 3. The van der Waals surface area contributed by atoms with E-state index in [1.54, 1.807) is 18.3 Å². The van der Waals surface area contributed by atoms with Crippen molar-refractivity contribution in [3.8, 4) is 5.69 Å². The number of halogens is 1. The molecule has 4 aromatic rings. The fraction of sp³-hybridized carbons (Fsp3) is 0.457. The molecule has 1 aromatic carbocycles. The zero-order valence-corrected chi connectivity index (χ0v) is 25.1. The Morgan fingerprint density at radius 3 is 2.80 bits per heavy atom. The lowest BCUT2D eigenvalue weighted by Crippen LogP contribution is -2.63. The molecule has 8 rings (SSSR count). The van der Waals surface area contributed by atoms with Crippen LogP contribution in [0.15, 0.2) is 66.8 Å². The summed E-state index contributed by atoms with van der Waals surface area (Å²) in [4.78, 5) is 18.0. The summed E-state index contributed by atoms with van der Waals surface area (Å²) < 4.78 is 17.4. The lowest BCUT2D eigenvalue weighted by molar-refractivity contribution is -0.181. The summed E-state index contributed by atoms with van der Waals surface area (Å²) in [6, 6.07) is 10.2. The smallest absolute Gasteiger partial charge is 0.252 e. The van der Waals surface area contributed by atoms with E-state index in [1.165, 1.54) is 17.7 Å². The van der Waals surface area contributed by atoms with Crippen LogP contribution in [-0.2, 0) is 17.8 Å². The van der Waals surface area contributed by atoms with Gasteiger partial charge in [0.15, 0.2) is 0 Å². The Bertz CT molecular complexity index is 1810. The second-order valence-corrected chi connectivity index (χ2v) is 14.0. The summed E-state index contributed by atoms with van der Waals surface area (Å²) in [5, 5.41) is 31.7. The molecule has 0 bridgehead atoms. The third-order valence-corrected chi connectivity index (χ3v) is 11.9. The third-order valence-electron chi connectivity index (χ3n) is 11.9.